The van der Waals surface area contributed by atoms with Crippen molar-refractivity contribution in [2.45, 2.75) is 83.8 Å². The fourth-order valence-electron chi connectivity index (χ4n) is 5.78. The standard InChI is InChI=1S/C34H44ClN5O5.Na/c1-21(2)17-28(39-34(45)40-15-8-4-5-9-16-40)31(41)37-29(19-24-20-36-27-14-7-6-12-25(24)27)32(42)38-30(33(43)44)18-23-11-10-13-26(35)22(23)3;/h6-7,10-14,20-21,28-30,36H,4-5,8-9,15-19H2,1-3H3,(H,37,41)(H,38,42)(H,39,45)(H,43,44);/q;+1/p-1/t28-,29+,30+;/m0./s1. The van der Waals surface area contributed by atoms with Crippen molar-refractivity contribution in [3.8, 4) is 0 Å². The molecule has 0 radical (unpaired) electrons. The first-order valence-corrected chi connectivity index (χ1v) is 16.1. The zero-order valence-electron chi connectivity index (χ0n) is 27.2. The minimum atomic E-state index is -1.46. The van der Waals surface area contributed by atoms with Crippen molar-refractivity contribution in [3.63, 3.8) is 0 Å². The average molecular weight is 660 g/mol. The van der Waals surface area contributed by atoms with Gasteiger partial charge < -0.3 is 35.7 Å². The Labute approximate surface area is 297 Å². The second kappa shape index (κ2) is 17.8. The van der Waals surface area contributed by atoms with Crippen molar-refractivity contribution in [2.24, 2.45) is 5.92 Å². The van der Waals surface area contributed by atoms with Crippen molar-refractivity contribution in [1.29, 1.82) is 0 Å². The number of carboxylic acids is 1. The summed E-state index contributed by atoms with van der Waals surface area (Å²) in [7, 11) is 0. The third-order valence-electron chi connectivity index (χ3n) is 8.35. The molecular weight excluding hydrogens is 617 g/mol. The normalized spacial score (nSPS) is 15.3. The van der Waals surface area contributed by atoms with Gasteiger partial charge in [0.25, 0.3) is 0 Å². The van der Waals surface area contributed by atoms with Crippen molar-refractivity contribution in [3.05, 3.63) is 70.4 Å². The van der Waals surface area contributed by atoms with Crippen LogP contribution >= 0.6 is 11.6 Å². The fourth-order valence-corrected chi connectivity index (χ4v) is 5.97. The van der Waals surface area contributed by atoms with Gasteiger partial charge in [-0.1, -0.05) is 68.6 Å². The van der Waals surface area contributed by atoms with Gasteiger partial charge in [0.2, 0.25) is 11.8 Å². The number of carbonyl (C=O) groups is 4. The maximum absolute atomic E-state index is 13.8. The summed E-state index contributed by atoms with van der Waals surface area (Å²) in [6.45, 7) is 6.95. The number of aliphatic carboxylic acids is 1. The number of carboxylic acid groups (broad SMARTS) is 1. The van der Waals surface area contributed by atoms with Crippen LogP contribution < -0.4 is 50.6 Å². The minimum Gasteiger partial charge on any atom is -0.548 e. The molecule has 3 atom stereocenters. The van der Waals surface area contributed by atoms with Gasteiger partial charge in [-0.25, -0.2) is 4.79 Å². The fraction of sp³-hybridized carbons (Fsp3) is 0.471. The molecule has 4 N–H and O–H groups in total. The molecule has 1 saturated heterocycles. The summed E-state index contributed by atoms with van der Waals surface area (Å²) < 4.78 is 0. The number of halogens is 1. The second-order valence-electron chi connectivity index (χ2n) is 12.3. The quantitative estimate of drug-likeness (QED) is 0.211. The van der Waals surface area contributed by atoms with E-state index in [-0.39, 0.29) is 54.3 Å². The van der Waals surface area contributed by atoms with Gasteiger partial charge in [0.15, 0.2) is 0 Å². The predicted molar refractivity (Wildman–Crippen MR) is 173 cm³/mol. The molecule has 2 heterocycles. The number of nitrogens with zero attached hydrogens (tertiary/aromatic N) is 1. The smallest absolute Gasteiger partial charge is 0.548 e. The third-order valence-corrected chi connectivity index (χ3v) is 8.76. The molecule has 4 amide bonds. The molecule has 2 aromatic carbocycles. The van der Waals surface area contributed by atoms with E-state index in [1.807, 2.05) is 38.1 Å². The maximum Gasteiger partial charge on any atom is 1.00 e. The summed E-state index contributed by atoms with van der Waals surface area (Å²) in [4.78, 5) is 57.9. The Hall–Kier alpha value is -3.05. The number of rotatable bonds is 12. The molecule has 0 unspecified atom stereocenters. The van der Waals surface area contributed by atoms with Crippen LogP contribution in [0.5, 0.6) is 0 Å². The van der Waals surface area contributed by atoms with E-state index in [1.54, 1.807) is 36.2 Å². The van der Waals surface area contributed by atoms with E-state index in [4.69, 9.17) is 11.6 Å². The first-order valence-electron chi connectivity index (χ1n) is 15.7. The van der Waals surface area contributed by atoms with Gasteiger partial charge in [0.1, 0.15) is 12.1 Å². The predicted octanol–water partition coefficient (Wildman–Crippen LogP) is 0.639. The first-order chi connectivity index (χ1) is 21.5. The molecule has 1 aliphatic rings. The van der Waals surface area contributed by atoms with Gasteiger partial charge in [-0.2, -0.15) is 0 Å². The number of amides is 4. The average Bonchev–Trinajstić information content (AvgIpc) is 3.20. The van der Waals surface area contributed by atoms with Gasteiger partial charge in [-0.05, 0) is 67.3 Å². The summed E-state index contributed by atoms with van der Waals surface area (Å²) >= 11 is 6.24. The summed E-state index contributed by atoms with van der Waals surface area (Å²) in [5.74, 6) is -2.57. The van der Waals surface area contributed by atoms with Crippen molar-refractivity contribution in [2.75, 3.05) is 13.1 Å². The number of likely N-dealkylation sites (tertiary alicyclic amines) is 1. The Bertz CT molecular complexity index is 1500. The Morgan fingerprint density at radius 1 is 0.848 bits per heavy atom. The molecule has 12 heteroatoms. The van der Waals surface area contributed by atoms with Crippen LogP contribution in [0.25, 0.3) is 10.9 Å². The van der Waals surface area contributed by atoms with Gasteiger partial charge >= 0.3 is 35.6 Å². The molecule has 1 fully saturated rings. The minimum absolute atomic E-state index is 0. The number of hydrogen-bond acceptors (Lipinski definition) is 5. The summed E-state index contributed by atoms with van der Waals surface area (Å²) in [5.41, 5.74) is 3.00. The second-order valence-corrected chi connectivity index (χ2v) is 12.7. The number of benzene rings is 2. The van der Waals surface area contributed by atoms with E-state index >= 15 is 0 Å². The number of aromatic amines is 1. The topological polar surface area (TPSA) is 146 Å². The molecule has 1 aliphatic heterocycles. The van der Waals surface area contributed by atoms with Crippen LogP contribution in [-0.4, -0.2) is 64.9 Å². The monoisotopic (exact) mass is 659 g/mol. The van der Waals surface area contributed by atoms with Crippen LogP contribution in [0, 0.1) is 12.8 Å². The Kier molecular flexibility index (Phi) is 14.4. The zero-order chi connectivity index (χ0) is 32.5. The van der Waals surface area contributed by atoms with Crippen molar-refractivity contribution in [1.82, 2.24) is 25.8 Å². The number of H-pyrrole nitrogens is 1. The Morgan fingerprint density at radius 2 is 1.48 bits per heavy atom. The molecule has 0 saturated carbocycles. The van der Waals surface area contributed by atoms with Crippen molar-refractivity contribution < 1.29 is 53.8 Å². The van der Waals surface area contributed by atoms with Crippen LogP contribution in [-0.2, 0) is 27.2 Å². The number of fused-ring (bicyclic) bond motifs is 1. The van der Waals surface area contributed by atoms with Crippen molar-refractivity contribution >= 4 is 46.3 Å². The van der Waals surface area contributed by atoms with E-state index < -0.39 is 35.9 Å². The largest absolute Gasteiger partial charge is 1.00 e. The summed E-state index contributed by atoms with van der Waals surface area (Å²) in [6, 6.07) is 9.06. The van der Waals surface area contributed by atoms with E-state index in [2.05, 4.69) is 20.9 Å². The van der Waals surface area contributed by atoms with E-state index in [9.17, 15) is 24.3 Å². The molecule has 0 bridgehead atoms. The van der Waals surface area contributed by atoms with Gasteiger partial charge in [0.05, 0.1) is 12.0 Å². The molecule has 0 spiro atoms. The molecule has 4 rings (SSSR count). The van der Waals surface area contributed by atoms with E-state index in [0.717, 1.165) is 42.1 Å². The summed E-state index contributed by atoms with van der Waals surface area (Å²) in [6.07, 6.45) is 6.13. The number of urea groups is 1. The van der Waals surface area contributed by atoms with Crippen LogP contribution in [0.3, 0.4) is 0 Å². The van der Waals surface area contributed by atoms with Gasteiger partial charge in [-0.15, -0.1) is 0 Å². The van der Waals surface area contributed by atoms with Crippen LogP contribution in [0.2, 0.25) is 5.02 Å². The zero-order valence-corrected chi connectivity index (χ0v) is 29.9. The number of nitrogens with one attached hydrogen (secondary N) is 4. The van der Waals surface area contributed by atoms with Crippen LogP contribution in [0.15, 0.2) is 48.7 Å². The Morgan fingerprint density at radius 3 is 2.15 bits per heavy atom. The van der Waals surface area contributed by atoms with E-state index in [0.29, 0.717) is 35.7 Å². The number of carbonyl (C=O) groups excluding carboxylic acids is 4. The number of aromatic nitrogens is 1. The number of hydrogen-bond donors (Lipinski definition) is 4. The summed E-state index contributed by atoms with van der Waals surface area (Å²) in [5, 5.41) is 21.9. The SMILES string of the molecule is Cc1c(Cl)cccc1C[C@@H](NC(=O)[C@@H](Cc1c[nH]c2ccccc12)NC(=O)[C@H](CC(C)C)NC(=O)N1CCCCCC1)C(=O)[O-].[Na+]. The molecule has 0 aliphatic carbocycles. The van der Waals surface area contributed by atoms with Gasteiger partial charge in [0, 0.05) is 41.6 Å². The maximum atomic E-state index is 13.8. The molecule has 1 aromatic heterocycles. The molecule has 10 nitrogen and oxygen atoms in total. The number of para-hydroxylation sites is 1. The molecular formula is C34H43ClN5NaO5. The van der Waals surface area contributed by atoms with E-state index in [1.165, 1.54) is 0 Å². The molecule has 242 valence electrons. The Balaban J connectivity index is 0.00000576. The third kappa shape index (κ3) is 10.2. The van der Waals surface area contributed by atoms with Gasteiger partial charge in [-0.3, -0.25) is 9.59 Å². The molecule has 3 aromatic rings. The van der Waals surface area contributed by atoms with Crippen LogP contribution in [0.4, 0.5) is 4.79 Å². The first kappa shape index (κ1) is 37.4. The van der Waals surface area contributed by atoms with Crippen LogP contribution in [0.1, 0.15) is 62.6 Å². The molecule has 46 heavy (non-hydrogen) atoms.